The van der Waals surface area contributed by atoms with Gasteiger partial charge in [-0.3, -0.25) is 0 Å². The molecule has 0 N–H and O–H groups in total. The van der Waals surface area contributed by atoms with Crippen LogP contribution in [0, 0.1) is 0 Å². The Hall–Kier alpha value is -0.423. The highest BCUT2D eigenvalue weighted by atomic mass is 79.9. The maximum atomic E-state index is 5.80. The number of ether oxygens (including phenoxy) is 2. The molecule has 0 saturated carbocycles. The monoisotopic (exact) mass is 368 g/mol. The summed E-state index contributed by atoms with van der Waals surface area (Å²) >= 11 is 3.71. The molecule has 1 unspecified atom stereocenters. The highest BCUT2D eigenvalue weighted by Crippen LogP contribution is 2.19. The predicted molar refractivity (Wildman–Crippen MR) is 94.7 cm³/mol. The molecule has 21 heavy (non-hydrogen) atoms. The fraction of sp³-hybridized carbons (Fsp3) is 0.529. The summed E-state index contributed by atoms with van der Waals surface area (Å²) in [6.07, 6.45) is 4.35. The number of halogens is 1. The second kappa shape index (κ2) is 8.27. The van der Waals surface area contributed by atoms with Crippen molar-refractivity contribution in [2.45, 2.75) is 45.1 Å². The van der Waals surface area contributed by atoms with E-state index in [-0.39, 0.29) is 6.29 Å². The summed E-state index contributed by atoms with van der Waals surface area (Å²) in [4.78, 5) is 0. The van der Waals surface area contributed by atoms with Gasteiger partial charge in [0.1, 0.15) is 8.07 Å². The van der Waals surface area contributed by atoms with Gasteiger partial charge < -0.3 is 9.47 Å². The van der Waals surface area contributed by atoms with Gasteiger partial charge in [-0.1, -0.05) is 70.2 Å². The van der Waals surface area contributed by atoms with E-state index in [0.717, 1.165) is 26.1 Å². The first-order valence-electron chi connectivity index (χ1n) is 7.74. The average molecular weight is 369 g/mol. The van der Waals surface area contributed by atoms with Crippen molar-refractivity contribution in [1.82, 2.24) is 0 Å². The topological polar surface area (TPSA) is 18.5 Å². The second-order valence-corrected chi connectivity index (χ2v) is 11.4. The third kappa shape index (κ3) is 5.70. The smallest absolute Gasteiger partial charge is 0.157 e. The summed E-state index contributed by atoms with van der Waals surface area (Å²) in [6.45, 7) is 6.31. The van der Waals surface area contributed by atoms with Gasteiger partial charge in [0, 0.05) is 13.0 Å². The molecule has 116 valence electrons. The molecule has 4 heteroatoms. The molecule has 2 nitrogen and oxygen atoms in total. The lowest BCUT2D eigenvalue weighted by atomic mass is 10.2. The molecular formula is C17H25BrO2Si. The lowest BCUT2D eigenvalue weighted by molar-refractivity contribution is -0.161. The van der Waals surface area contributed by atoms with Crippen LogP contribution >= 0.6 is 15.9 Å². The molecule has 1 aliphatic heterocycles. The summed E-state index contributed by atoms with van der Waals surface area (Å²) in [7, 11) is -1.53. The van der Waals surface area contributed by atoms with Gasteiger partial charge in [0.05, 0.1) is 6.61 Å². The molecule has 0 radical (unpaired) electrons. The van der Waals surface area contributed by atoms with Crippen LogP contribution in [-0.2, 0) is 9.47 Å². The minimum atomic E-state index is -1.53. The molecule has 0 aliphatic carbocycles. The van der Waals surface area contributed by atoms with Crippen LogP contribution in [0.4, 0.5) is 0 Å². The Labute approximate surface area is 137 Å². The van der Waals surface area contributed by atoms with E-state index in [1.165, 1.54) is 22.5 Å². The van der Waals surface area contributed by atoms with Gasteiger partial charge in [-0.05, 0) is 23.7 Å². The normalized spacial score (nSPS) is 20.5. The lowest BCUT2D eigenvalue weighted by Crippen LogP contribution is -2.39. The Morgan fingerprint density at radius 3 is 2.76 bits per heavy atom. The number of hydrogen-bond acceptors (Lipinski definition) is 2. The summed E-state index contributed by atoms with van der Waals surface area (Å²) in [5.41, 5.74) is 2.41. The first-order valence-corrected chi connectivity index (χ1v) is 11.6. The van der Waals surface area contributed by atoms with Crippen molar-refractivity contribution < 1.29 is 9.47 Å². The van der Waals surface area contributed by atoms with Crippen LogP contribution < -0.4 is 5.19 Å². The molecule has 1 heterocycles. The highest BCUT2D eigenvalue weighted by molar-refractivity contribution is 9.11. The minimum Gasteiger partial charge on any atom is -0.353 e. The van der Waals surface area contributed by atoms with E-state index in [1.54, 1.807) is 0 Å². The first-order chi connectivity index (χ1) is 10.1. The summed E-state index contributed by atoms with van der Waals surface area (Å²) < 4.78 is 12.6. The van der Waals surface area contributed by atoms with Crippen LogP contribution in [0.25, 0.3) is 0 Å². The van der Waals surface area contributed by atoms with E-state index in [4.69, 9.17) is 9.47 Å². The van der Waals surface area contributed by atoms with E-state index in [9.17, 15) is 0 Å². The fourth-order valence-electron chi connectivity index (χ4n) is 2.55. The number of hydrogen-bond donors (Lipinski definition) is 0. The third-order valence-corrected chi connectivity index (χ3v) is 7.76. The largest absolute Gasteiger partial charge is 0.353 e. The van der Waals surface area contributed by atoms with E-state index in [0.29, 0.717) is 0 Å². The maximum absolute atomic E-state index is 5.80. The van der Waals surface area contributed by atoms with Crippen molar-refractivity contribution in [2.24, 2.45) is 0 Å². The van der Waals surface area contributed by atoms with E-state index < -0.39 is 8.07 Å². The molecule has 1 aliphatic rings. The molecule has 1 aromatic carbocycles. The lowest BCUT2D eigenvalue weighted by Gasteiger charge is -2.23. The zero-order valence-corrected chi connectivity index (χ0v) is 15.6. The molecule has 0 spiro atoms. The Kier molecular flexibility index (Phi) is 6.67. The summed E-state index contributed by atoms with van der Waals surface area (Å²) in [5.74, 6) is 0. The molecular weight excluding hydrogens is 344 g/mol. The van der Waals surface area contributed by atoms with Crippen molar-refractivity contribution >= 4 is 29.2 Å². The van der Waals surface area contributed by atoms with Crippen LogP contribution in [0.3, 0.4) is 0 Å². The predicted octanol–water partition coefficient (Wildman–Crippen LogP) is 4.35. The first kappa shape index (κ1) is 16.9. The van der Waals surface area contributed by atoms with E-state index in [2.05, 4.69) is 65.1 Å². The van der Waals surface area contributed by atoms with Gasteiger partial charge in [-0.15, -0.1) is 0 Å². The third-order valence-electron chi connectivity index (χ3n) is 3.82. The van der Waals surface area contributed by atoms with E-state index in [1.807, 2.05) is 0 Å². The van der Waals surface area contributed by atoms with Crippen molar-refractivity contribution in [3.8, 4) is 0 Å². The maximum Gasteiger partial charge on any atom is 0.157 e. The van der Waals surface area contributed by atoms with Gasteiger partial charge in [0.15, 0.2) is 6.29 Å². The quantitative estimate of drug-likeness (QED) is 0.694. The Morgan fingerprint density at radius 1 is 1.33 bits per heavy atom. The number of rotatable bonds is 6. The average Bonchev–Trinajstić information content (AvgIpc) is 2.49. The molecule has 1 aromatic rings. The number of benzene rings is 1. The molecule has 2 rings (SSSR count). The molecule has 0 bridgehead atoms. The van der Waals surface area contributed by atoms with Crippen molar-refractivity contribution in [2.75, 3.05) is 13.2 Å². The molecule has 1 saturated heterocycles. The Balaban J connectivity index is 1.82. The van der Waals surface area contributed by atoms with Gasteiger partial charge >= 0.3 is 0 Å². The zero-order valence-electron chi connectivity index (χ0n) is 13.0. The van der Waals surface area contributed by atoms with Crippen molar-refractivity contribution in [3.05, 3.63) is 40.5 Å². The highest BCUT2D eigenvalue weighted by Gasteiger charge is 2.21. The van der Waals surface area contributed by atoms with Gasteiger partial charge in [-0.25, -0.2) is 0 Å². The second-order valence-electron chi connectivity index (χ2n) is 6.10. The molecule has 1 atom stereocenters. The SMILES string of the molecule is C[Si](C)(C=C(Br)CCOC1CCCCO1)c1ccccc1. The minimum absolute atomic E-state index is 0.0124. The van der Waals surface area contributed by atoms with Crippen LogP contribution in [0.15, 0.2) is 40.5 Å². The van der Waals surface area contributed by atoms with Gasteiger partial charge in [0.2, 0.25) is 0 Å². The molecule has 0 amide bonds. The standard InChI is InChI=1S/C17H25BrO2Si/c1-21(2,16-8-4-3-5-9-16)14-15(18)11-13-20-17-10-6-7-12-19-17/h3-5,8-9,14,17H,6-7,10-13H2,1-2H3. The van der Waals surface area contributed by atoms with Crippen LogP contribution in [0.5, 0.6) is 0 Å². The molecule has 1 fully saturated rings. The fourth-order valence-corrected chi connectivity index (χ4v) is 6.57. The van der Waals surface area contributed by atoms with E-state index >= 15 is 0 Å². The van der Waals surface area contributed by atoms with Crippen LogP contribution in [0.1, 0.15) is 25.7 Å². The Morgan fingerprint density at radius 2 is 2.10 bits per heavy atom. The summed E-state index contributed by atoms with van der Waals surface area (Å²) in [6, 6.07) is 10.8. The van der Waals surface area contributed by atoms with Crippen LogP contribution in [0.2, 0.25) is 13.1 Å². The van der Waals surface area contributed by atoms with Crippen molar-refractivity contribution in [3.63, 3.8) is 0 Å². The van der Waals surface area contributed by atoms with Crippen LogP contribution in [-0.4, -0.2) is 27.6 Å². The van der Waals surface area contributed by atoms with Gasteiger partial charge in [-0.2, -0.15) is 0 Å². The molecule has 0 aromatic heterocycles. The van der Waals surface area contributed by atoms with Crippen molar-refractivity contribution in [1.29, 1.82) is 0 Å². The summed E-state index contributed by atoms with van der Waals surface area (Å²) in [5, 5.41) is 1.46. The Bertz CT molecular complexity index is 453. The van der Waals surface area contributed by atoms with Gasteiger partial charge in [0.25, 0.3) is 0 Å². The zero-order chi connectivity index (χ0) is 15.1.